The van der Waals surface area contributed by atoms with E-state index in [0.29, 0.717) is 40.5 Å². The molecule has 1 N–H and O–H groups in total. The van der Waals surface area contributed by atoms with Crippen molar-refractivity contribution in [2.75, 3.05) is 12.5 Å². The predicted molar refractivity (Wildman–Crippen MR) is 93.6 cm³/mol. The number of aromatic amines is 1. The molecule has 0 aliphatic heterocycles. The molecule has 24 heavy (non-hydrogen) atoms. The molecule has 0 atom stereocenters. The van der Waals surface area contributed by atoms with Gasteiger partial charge in [-0.15, -0.1) is 11.6 Å². The Morgan fingerprint density at radius 3 is 2.79 bits per heavy atom. The van der Waals surface area contributed by atoms with Crippen molar-refractivity contribution in [2.45, 2.75) is 6.42 Å². The number of hydrogen-bond acceptors (Lipinski definition) is 3. The second kappa shape index (κ2) is 7.20. The van der Waals surface area contributed by atoms with Crippen molar-refractivity contribution >= 4 is 34.1 Å². The van der Waals surface area contributed by atoms with Crippen molar-refractivity contribution in [1.82, 2.24) is 9.97 Å². The van der Waals surface area contributed by atoms with Crippen molar-refractivity contribution in [3.05, 3.63) is 57.6 Å². The Morgan fingerprint density at radius 1 is 1.21 bits per heavy atom. The molecule has 0 amide bonds. The molecule has 0 bridgehead atoms. The van der Waals surface area contributed by atoms with E-state index in [9.17, 15) is 9.18 Å². The van der Waals surface area contributed by atoms with E-state index in [2.05, 4.69) is 9.97 Å². The lowest BCUT2D eigenvalue weighted by Crippen LogP contribution is -2.10. The number of fused-ring (bicyclic) bond motifs is 1. The molecule has 0 saturated heterocycles. The lowest BCUT2D eigenvalue weighted by atomic mass is 10.2. The minimum atomic E-state index is -0.526. The van der Waals surface area contributed by atoms with Crippen LogP contribution in [-0.4, -0.2) is 22.5 Å². The van der Waals surface area contributed by atoms with Crippen LogP contribution in [0.5, 0.6) is 5.75 Å². The number of H-pyrrole nitrogens is 1. The van der Waals surface area contributed by atoms with Crippen LogP contribution >= 0.6 is 23.2 Å². The van der Waals surface area contributed by atoms with Crippen LogP contribution in [0.3, 0.4) is 0 Å². The molecule has 2 aromatic carbocycles. The van der Waals surface area contributed by atoms with Gasteiger partial charge in [-0.2, -0.15) is 0 Å². The fourth-order valence-corrected chi connectivity index (χ4v) is 2.52. The average Bonchev–Trinajstić information content (AvgIpc) is 2.58. The first-order valence-corrected chi connectivity index (χ1v) is 8.18. The van der Waals surface area contributed by atoms with E-state index in [-0.39, 0.29) is 10.6 Å². The van der Waals surface area contributed by atoms with E-state index in [0.717, 1.165) is 6.42 Å². The van der Waals surface area contributed by atoms with Gasteiger partial charge >= 0.3 is 0 Å². The summed E-state index contributed by atoms with van der Waals surface area (Å²) in [6.07, 6.45) is 0.721. The van der Waals surface area contributed by atoms with Crippen LogP contribution in [0.2, 0.25) is 5.02 Å². The molecule has 3 aromatic rings. The van der Waals surface area contributed by atoms with Gasteiger partial charge in [0.25, 0.3) is 5.56 Å². The number of nitrogens with one attached hydrogen (secondary N) is 1. The third kappa shape index (κ3) is 3.52. The fourth-order valence-electron chi connectivity index (χ4n) is 2.23. The number of ether oxygens (including phenoxy) is 1. The number of aromatic nitrogens is 2. The molecule has 1 heterocycles. The highest BCUT2D eigenvalue weighted by Gasteiger charge is 2.09. The van der Waals surface area contributed by atoms with Gasteiger partial charge in [-0.1, -0.05) is 11.6 Å². The standard InChI is InChI=1S/C17H13Cl2FN2O2/c18-6-1-7-24-11-3-5-15-12(9-11)17(23)22-16(21-15)10-2-4-14(20)13(19)8-10/h2-5,8-9H,1,6-7H2,(H,21,22,23). The van der Waals surface area contributed by atoms with Crippen LogP contribution in [0.15, 0.2) is 41.2 Å². The maximum Gasteiger partial charge on any atom is 0.259 e. The van der Waals surface area contributed by atoms with Crippen LogP contribution in [-0.2, 0) is 0 Å². The Hall–Kier alpha value is -2.11. The normalized spacial score (nSPS) is 11.0. The highest BCUT2D eigenvalue weighted by molar-refractivity contribution is 6.31. The lowest BCUT2D eigenvalue weighted by molar-refractivity contribution is 0.319. The van der Waals surface area contributed by atoms with Gasteiger partial charge in [0.05, 0.1) is 22.5 Å². The van der Waals surface area contributed by atoms with E-state index < -0.39 is 5.82 Å². The third-order valence-corrected chi connectivity index (χ3v) is 3.97. The van der Waals surface area contributed by atoms with Crippen LogP contribution < -0.4 is 10.3 Å². The lowest BCUT2D eigenvalue weighted by Gasteiger charge is -2.07. The molecule has 0 spiro atoms. The van der Waals surface area contributed by atoms with Crippen molar-refractivity contribution < 1.29 is 9.13 Å². The number of halogens is 3. The van der Waals surface area contributed by atoms with Gasteiger partial charge < -0.3 is 9.72 Å². The van der Waals surface area contributed by atoms with E-state index in [1.807, 2.05) is 0 Å². The van der Waals surface area contributed by atoms with Crippen molar-refractivity contribution in [3.63, 3.8) is 0 Å². The summed E-state index contributed by atoms with van der Waals surface area (Å²) in [5.74, 6) is 0.893. The highest BCUT2D eigenvalue weighted by Crippen LogP contribution is 2.24. The minimum absolute atomic E-state index is 0.0294. The molecule has 0 unspecified atom stereocenters. The summed E-state index contributed by atoms with van der Waals surface area (Å²) in [4.78, 5) is 19.4. The topological polar surface area (TPSA) is 55.0 Å². The highest BCUT2D eigenvalue weighted by atomic mass is 35.5. The molecule has 0 saturated carbocycles. The Bertz CT molecular complexity index is 944. The fraction of sp³-hybridized carbons (Fsp3) is 0.176. The molecule has 3 rings (SSSR count). The molecule has 0 aliphatic rings. The van der Waals surface area contributed by atoms with Gasteiger partial charge in [0.1, 0.15) is 17.4 Å². The van der Waals surface area contributed by atoms with Crippen LogP contribution in [0.4, 0.5) is 4.39 Å². The monoisotopic (exact) mass is 366 g/mol. The zero-order valence-corrected chi connectivity index (χ0v) is 14.0. The Kier molecular flexibility index (Phi) is 5.02. The summed E-state index contributed by atoms with van der Waals surface area (Å²) in [6.45, 7) is 0.479. The minimum Gasteiger partial charge on any atom is -0.494 e. The van der Waals surface area contributed by atoms with Crippen molar-refractivity contribution in [3.8, 4) is 17.1 Å². The maximum absolute atomic E-state index is 13.3. The summed E-state index contributed by atoms with van der Waals surface area (Å²) in [6, 6.07) is 9.24. The van der Waals surface area contributed by atoms with Crippen molar-refractivity contribution in [1.29, 1.82) is 0 Å². The number of rotatable bonds is 5. The third-order valence-electron chi connectivity index (χ3n) is 3.42. The average molecular weight is 367 g/mol. The zero-order chi connectivity index (χ0) is 17.1. The van der Waals surface area contributed by atoms with Gasteiger partial charge in [0.2, 0.25) is 0 Å². The van der Waals surface area contributed by atoms with Crippen LogP contribution in [0.25, 0.3) is 22.3 Å². The summed E-state index contributed by atoms with van der Waals surface area (Å²) >= 11 is 11.4. The molecule has 0 aliphatic carbocycles. The van der Waals surface area contributed by atoms with E-state index >= 15 is 0 Å². The first-order valence-electron chi connectivity index (χ1n) is 7.27. The van der Waals surface area contributed by atoms with E-state index in [1.54, 1.807) is 18.2 Å². The van der Waals surface area contributed by atoms with Gasteiger partial charge in [-0.25, -0.2) is 9.37 Å². The molecule has 4 nitrogen and oxygen atoms in total. The summed E-state index contributed by atoms with van der Waals surface area (Å²) in [7, 11) is 0. The molecule has 1 aromatic heterocycles. The quantitative estimate of drug-likeness (QED) is 0.538. The summed E-state index contributed by atoms with van der Waals surface area (Å²) in [5.41, 5.74) is 0.736. The van der Waals surface area contributed by atoms with E-state index in [4.69, 9.17) is 27.9 Å². The number of alkyl halides is 1. The Balaban J connectivity index is 1.99. The SMILES string of the molecule is O=c1[nH]c(-c2ccc(F)c(Cl)c2)nc2ccc(OCCCCl)cc12. The number of hydrogen-bond donors (Lipinski definition) is 1. The molecular weight excluding hydrogens is 354 g/mol. The number of benzene rings is 2. The molecule has 0 fully saturated rings. The smallest absolute Gasteiger partial charge is 0.259 e. The molecule has 7 heteroatoms. The summed E-state index contributed by atoms with van der Waals surface area (Å²) in [5, 5.41) is 0.383. The van der Waals surface area contributed by atoms with Gasteiger partial charge in [-0.05, 0) is 42.8 Å². The summed E-state index contributed by atoms with van der Waals surface area (Å²) < 4.78 is 18.8. The number of nitrogens with zero attached hydrogens (tertiary/aromatic N) is 1. The maximum atomic E-state index is 13.3. The Labute approximate surface area is 147 Å². The van der Waals surface area contributed by atoms with Crippen LogP contribution in [0, 0.1) is 5.82 Å². The van der Waals surface area contributed by atoms with E-state index in [1.165, 1.54) is 18.2 Å². The van der Waals surface area contributed by atoms with Crippen LogP contribution in [0.1, 0.15) is 6.42 Å². The second-order valence-electron chi connectivity index (χ2n) is 5.11. The molecular formula is C17H13Cl2FN2O2. The van der Waals surface area contributed by atoms with Gasteiger partial charge in [0, 0.05) is 11.4 Å². The zero-order valence-electron chi connectivity index (χ0n) is 12.5. The predicted octanol–water partition coefficient (Wildman–Crippen LogP) is 4.39. The molecule has 124 valence electrons. The first-order chi connectivity index (χ1) is 11.6. The van der Waals surface area contributed by atoms with Gasteiger partial charge in [-0.3, -0.25) is 4.79 Å². The van der Waals surface area contributed by atoms with Gasteiger partial charge in [0.15, 0.2) is 0 Å². The van der Waals surface area contributed by atoms with Crippen molar-refractivity contribution in [2.24, 2.45) is 0 Å². The first kappa shape index (κ1) is 16.7. The Morgan fingerprint density at radius 2 is 2.04 bits per heavy atom. The second-order valence-corrected chi connectivity index (χ2v) is 5.90. The largest absolute Gasteiger partial charge is 0.494 e. The molecule has 0 radical (unpaired) electrons.